The van der Waals surface area contributed by atoms with E-state index in [0.29, 0.717) is 11.0 Å². The van der Waals surface area contributed by atoms with Crippen molar-refractivity contribution in [3.8, 4) is 11.3 Å². The molecule has 3 aromatic carbocycles. The molecule has 34 heavy (non-hydrogen) atoms. The summed E-state index contributed by atoms with van der Waals surface area (Å²) < 4.78 is 1.05. The summed E-state index contributed by atoms with van der Waals surface area (Å²) in [6, 6.07) is 28.5. The van der Waals surface area contributed by atoms with E-state index in [9.17, 15) is 0 Å². The van der Waals surface area contributed by atoms with E-state index in [1.807, 2.05) is 41.4 Å². The Balaban J connectivity index is 1.54. The number of nitrogens with zero attached hydrogens (tertiary/aromatic N) is 4. The van der Waals surface area contributed by atoms with Crippen molar-refractivity contribution in [1.29, 1.82) is 0 Å². The van der Waals surface area contributed by atoms with Gasteiger partial charge in [-0.15, -0.1) is 11.3 Å². The predicted molar refractivity (Wildman–Crippen MR) is 145 cm³/mol. The highest BCUT2D eigenvalue weighted by Gasteiger charge is 2.32. The highest BCUT2D eigenvalue weighted by Crippen LogP contribution is 2.38. The van der Waals surface area contributed by atoms with Gasteiger partial charge < -0.3 is 0 Å². The Morgan fingerprint density at radius 1 is 0.912 bits per heavy atom. The fraction of sp³-hybridized carbons (Fsp3) is 0.0741. The van der Waals surface area contributed by atoms with Gasteiger partial charge in [0, 0.05) is 26.9 Å². The average molecular weight is 546 g/mol. The molecule has 0 fully saturated rings. The molecule has 0 aliphatic carbocycles. The standard InChI is InChI=1S/C27H18BrClN4S/c28-19-10-8-17(9-11-19)24-16-23(25-7-4-14-34-25)32-33(24)27-30-22-13-12-20(29)15-21(22)26(31-27)18-5-2-1-3-6-18/h1-15,24H,16H2/t24-/m1/s1. The quantitative estimate of drug-likeness (QED) is 0.229. The van der Waals surface area contributed by atoms with Crippen molar-refractivity contribution in [2.45, 2.75) is 12.5 Å². The van der Waals surface area contributed by atoms with Crippen LogP contribution in [0.3, 0.4) is 0 Å². The summed E-state index contributed by atoms with van der Waals surface area (Å²) in [6.45, 7) is 0. The zero-order valence-corrected chi connectivity index (χ0v) is 21.1. The van der Waals surface area contributed by atoms with Crippen LogP contribution in [0.1, 0.15) is 22.9 Å². The zero-order valence-electron chi connectivity index (χ0n) is 17.9. The summed E-state index contributed by atoms with van der Waals surface area (Å²) in [4.78, 5) is 11.2. The molecule has 2 aromatic heterocycles. The SMILES string of the molecule is Clc1ccc2nc(N3N=C(c4cccs4)C[C@@H]3c3ccc(Br)cc3)nc(-c3ccccc3)c2c1. The van der Waals surface area contributed by atoms with Crippen LogP contribution in [0, 0.1) is 0 Å². The highest BCUT2D eigenvalue weighted by molar-refractivity contribution is 9.10. The number of hydrogen-bond acceptors (Lipinski definition) is 5. The van der Waals surface area contributed by atoms with Gasteiger partial charge in [-0.1, -0.05) is 76.1 Å². The zero-order chi connectivity index (χ0) is 23.1. The molecule has 3 heterocycles. The fourth-order valence-corrected chi connectivity index (χ4v) is 5.40. The lowest BCUT2D eigenvalue weighted by atomic mass is 10.0. The summed E-state index contributed by atoms with van der Waals surface area (Å²) in [5.74, 6) is 0.577. The van der Waals surface area contributed by atoms with Crippen LogP contribution in [0.5, 0.6) is 0 Å². The van der Waals surface area contributed by atoms with Gasteiger partial charge in [0.2, 0.25) is 5.95 Å². The molecule has 5 aromatic rings. The van der Waals surface area contributed by atoms with E-state index in [-0.39, 0.29) is 6.04 Å². The summed E-state index contributed by atoms with van der Waals surface area (Å²) in [5.41, 5.74) is 4.91. The van der Waals surface area contributed by atoms with E-state index >= 15 is 0 Å². The molecular weight excluding hydrogens is 528 g/mol. The average Bonchev–Trinajstić information content (AvgIpc) is 3.55. The normalized spacial score (nSPS) is 15.6. The van der Waals surface area contributed by atoms with Crippen LogP contribution in [0.4, 0.5) is 5.95 Å². The molecule has 0 bridgehead atoms. The van der Waals surface area contributed by atoms with Crippen LogP contribution in [0.25, 0.3) is 22.2 Å². The van der Waals surface area contributed by atoms with E-state index in [0.717, 1.165) is 38.8 Å². The Labute approximate surface area is 214 Å². The first-order valence-corrected chi connectivity index (χ1v) is 12.9. The van der Waals surface area contributed by atoms with Gasteiger partial charge in [0.15, 0.2) is 0 Å². The summed E-state index contributed by atoms with van der Waals surface area (Å²) in [6.07, 6.45) is 0.783. The van der Waals surface area contributed by atoms with Crippen LogP contribution in [0.15, 0.2) is 99.9 Å². The first-order chi connectivity index (χ1) is 16.7. The van der Waals surface area contributed by atoms with Crippen LogP contribution in [-0.2, 0) is 0 Å². The lowest BCUT2D eigenvalue weighted by molar-refractivity contribution is 0.689. The highest BCUT2D eigenvalue weighted by atomic mass is 79.9. The third kappa shape index (κ3) is 4.02. The summed E-state index contributed by atoms with van der Waals surface area (Å²) >= 11 is 11.6. The van der Waals surface area contributed by atoms with Gasteiger partial charge in [-0.05, 0) is 47.3 Å². The maximum Gasteiger partial charge on any atom is 0.247 e. The van der Waals surface area contributed by atoms with E-state index in [1.165, 1.54) is 10.4 Å². The number of thiophene rings is 1. The molecule has 1 aliphatic heterocycles. The number of aromatic nitrogens is 2. The lowest BCUT2D eigenvalue weighted by Gasteiger charge is -2.23. The fourth-order valence-electron chi connectivity index (χ4n) is 4.24. The number of fused-ring (bicyclic) bond motifs is 1. The Kier molecular flexibility index (Phi) is 5.65. The molecule has 166 valence electrons. The Bertz CT molecular complexity index is 1500. The van der Waals surface area contributed by atoms with Gasteiger partial charge in [0.05, 0.1) is 27.8 Å². The van der Waals surface area contributed by atoms with E-state index in [4.69, 9.17) is 26.7 Å². The number of rotatable bonds is 4. The monoisotopic (exact) mass is 544 g/mol. The van der Waals surface area contributed by atoms with Gasteiger partial charge in [-0.2, -0.15) is 5.10 Å². The van der Waals surface area contributed by atoms with Crippen LogP contribution >= 0.6 is 38.9 Å². The van der Waals surface area contributed by atoms with E-state index in [2.05, 4.69) is 69.8 Å². The minimum absolute atomic E-state index is 0.00132. The van der Waals surface area contributed by atoms with Gasteiger partial charge in [-0.3, -0.25) is 0 Å². The first kappa shape index (κ1) is 21.5. The van der Waals surface area contributed by atoms with Crippen molar-refractivity contribution in [3.63, 3.8) is 0 Å². The number of hydrazone groups is 1. The third-order valence-electron chi connectivity index (χ3n) is 5.87. The molecule has 0 saturated heterocycles. The molecule has 0 radical (unpaired) electrons. The lowest BCUT2D eigenvalue weighted by Crippen LogP contribution is -2.21. The molecule has 7 heteroatoms. The van der Waals surface area contributed by atoms with Crippen molar-refractivity contribution in [2.24, 2.45) is 5.10 Å². The van der Waals surface area contributed by atoms with Crippen LogP contribution < -0.4 is 5.01 Å². The molecule has 1 atom stereocenters. The van der Waals surface area contributed by atoms with Crippen molar-refractivity contribution in [2.75, 3.05) is 5.01 Å². The van der Waals surface area contributed by atoms with Gasteiger partial charge in [-0.25, -0.2) is 15.0 Å². The van der Waals surface area contributed by atoms with Crippen molar-refractivity contribution < 1.29 is 0 Å². The number of benzene rings is 3. The summed E-state index contributed by atoms with van der Waals surface area (Å²) in [5, 5.41) is 10.7. The molecule has 0 spiro atoms. The minimum Gasteiger partial charge on any atom is -0.223 e. The van der Waals surface area contributed by atoms with Gasteiger partial charge in [0.25, 0.3) is 0 Å². The molecule has 1 aliphatic rings. The van der Waals surface area contributed by atoms with Gasteiger partial charge >= 0.3 is 0 Å². The maximum atomic E-state index is 6.35. The van der Waals surface area contributed by atoms with Crippen LogP contribution in [-0.4, -0.2) is 15.7 Å². The second-order valence-corrected chi connectivity index (χ2v) is 10.3. The first-order valence-electron chi connectivity index (χ1n) is 10.8. The molecular formula is C27H18BrClN4S. The minimum atomic E-state index is -0.00132. The van der Waals surface area contributed by atoms with E-state index < -0.39 is 0 Å². The second kappa shape index (κ2) is 8.95. The van der Waals surface area contributed by atoms with Crippen LogP contribution in [0.2, 0.25) is 5.02 Å². The van der Waals surface area contributed by atoms with Crippen molar-refractivity contribution in [3.05, 3.63) is 110 Å². The summed E-state index contributed by atoms with van der Waals surface area (Å²) in [7, 11) is 0. The molecule has 6 rings (SSSR count). The Morgan fingerprint density at radius 3 is 2.50 bits per heavy atom. The van der Waals surface area contributed by atoms with Crippen molar-refractivity contribution in [1.82, 2.24) is 9.97 Å². The number of anilines is 1. The molecule has 0 amide bonds. The van der Waals surface area contributed by atoms with Crippen molar-refractivity contribution >= 4 is 61.4 Å². The number of hydrogen-bond donors (Lipinski definition) is 0. The predicted octanol–water partition coefficient (Wildman–Crippen LogP) is 8.13. The second-order valence-electron chi connectivity index (χ2n) is 8.04. The Hall–Kier alpha value is -3.06. The topological polar surface area (TPSA) is 41.4 Å². The molecule has 0 saturated carbocycles. The third-order valence-corrected chi connectivity index (χ3v) is 7.55. The largest absolute Gasteiger partial charge is 0.247 e. The molecule has 4 nitrogen and oxygen atoms in total. The smallest absolute Gasteiger partial charge is 0.223 e. The Morgan fingerprint density at radius 2 is 1.74 bits per heavy atom. The maximum absolute atomic E-state index is 6.35. The van der Waals surface area contributed by atoms with E-state index in [1.54, 1.807) is 11.3 Å². The molecule has 0 unspecified atom stereocenters. The van der Waals surface area contributed by atoms with Gasteiger partial charge in [0.1, 0.15) is 0 Å². The number of halogens is 2. The molecule has 0 N–H and O–H groups in total.